The van der Waals surface area contributed by atoms with Gasteiger partial charge >= 0.3 is 0 Å². The Morgan fingerprint density at radius 2 is 1.94 bits per heavy atom. The van der Waals surface area contributed by atoms with Gasteiger partial charge in [0.05, 0.1) is 0 Å². The molecule has 2 rings (SSSR count). The minimum Gasteiger partial charge on any atom is -0.486 e. The van der Waals surface area contributed by atoms with E-state index in [0.29, 0.717) is 24.5 Å². The van der Waals surface area contributed by atoms with Crippen molar-refractivity contribution in [2.24, 2.45) is 0 Å². The van der Waals surface area contributed by atoms with Crippen LogP contribution in [0.5, 0.6) is 11.5 Å². The molecule has 0 bridgehead atoms. The van der Waals surface area contributed by atoms with Gasteiger partial charge in [-0.15, -0.1) is 11.6 Å². The summed E-state index contributed by atoms with van der Waals surface area (Å²) in [5.74, 6) is 0.703. The van der Waals surface area contributed by atoms with Gasteiger partial charge in [-0.2, -0.15) is 0 Å². The van der Waals surface area contributed by atoms with Crippen LogP contribution in [0.25, 0.3) is 0 Å². The van der Waals surface area contributed by atoms with E-state index in [4.69, 9.17) is 31.8 Å². The van der Waals surface area contributed by atoms with Crippen LogP contribution in [-0.4, -0.2) is 21.6 Å². The van der Waals surface area contributed by atoms with Crippen molar-refractivity contribution in [1.29, 1.82) is 0 Å². The minimum absolute atomic E-state index is 0.0954. The van der Waals surface area contributed by atoms with Crippen LogP contribution in [0.2, 0.25) is 0 Å². The summed E-state index contributed by atoms with van der Waals surface area (Å²) in [5, 5.41) is 0. The van der Waals surface area contributed by atoms with Gasteiger partial charge in [-0.25, -0.2) is 8.42 Å². The van der Waals surface area contributed by atoms with Gasteiger partial charge in [-0.3, -0.25) is 0 Å². The first kappa shape index (κ1) is 11.8. The third kappa shape index (κ3) is 2.21. The largest absolute Gasteiger partial charge is 0.486 e. The highest BCUT2D eigenvalue weighted by molar-refractivity contribution is 8.13. The van der Waals surface area contributed by atoms with E-state index in [1.54, 1.807) is 6.07 Å². The molecule has 1 aliphatic heterocycles. The molecule has 0 amide bonds. The van der Waals surface area contributed by atoms with E-state index in [2.05, 4.69) is 0 Å². The van der Waals surface area contributed by atoms with Gasteiger partial charge in [0.15, 0.2) is 11.5 Å². The van der Waals surface area contributed by atoms with E-state index < -0.39 is 9.05 Å². The SMILES string of the molecule is O=S(=O)(Cl)c1cc(CCl)cc2c1OCCO2. The lowest BCUT2D eigenvalue weighted by molar-refractivity contribution is 0.167. The van der Waals surface area contributed by atoms with Crippen LogP contribution in [0, 0.1) is 0 Å². The molecule has 1 aromatic rings. The van der Waals surface area contributed by atoms with Crippen molar-refractivity contribution in [2.45, 2.75) is 10.8 Å². The molecular weight excluding hydrogens is 275 g/mol. The highest BCUT2D eigenvalue weighted by Crippen LogP contribution is 2.39. The fourth-order valence-corrected chi connectivity index (χ4v) is 2.61. The number of hydrogen-bond acceptors (Lipinski definition) is 4. The van der Waals surface area contributed by atoms with Crippen LogP contribution in [-0.2, 0) is 14.9 Å². The fraction of sp³-hybridized carbons (Fsp3) is 0.333. The summed E-state index contributed by atoms with van der Waals surface area (Å²) < 4.78 is 33.3. The topological polar surface area (TPSA) is 52.6 Å². The van der Waals surface area contributed by atoms with E-state index in [0.717, 1.165) is 0 Å². The average molecular weight is 283 g/mol. The molecule has 0 saturated heterocycles. The minimum atomic E-state index is -3.87. The van der Waals surface area contributed by atoms with Gasteiger partial charge in [0.2, 0.25) is 0 Å². The fourth-order valence-electron chi connectivity index (χ4n) is 1.43. The van der Waals surface area contributed by atoms with Crippen molar-refractivity contribution in [3.63, 3.8) is 0 Å². The molecule has 0 spiro atoms. The molecule has 88 valence electrons. The molecule has 0 radical (unpaired) electrons. The van der Waals surface area contributed by atoms with Crippen molar-refractivity contribution < 1.29 is 17.9 Å². The van der Waals surface area contributed by atoms with Crippen LogP contribution in [0.4, 0.5) is 0 Å². The number of rotatable bonds is 2. The van der Waals surface area contributed by atoms with Gasteiger partial charge in [0, 0.05) is 16.6 Å². The summed E-state index contributed by atoms with van der Waals surface area (Å²) in [4.78, 5) is -0.0954. The number of halogens is 2. The van der Waals surface area contributed by atoms with Gasteiger partial charge in [-0.1, -0.05) is 0 Å². The summed E-state index contributed by atoms with van der Waals surface area (Å²) in [6.07, 6.45) is 0. The maximum absolute atomic E-state index is 11.4. The Bertz CT molecular complexity index is 512. The highest BCUT2D eigenvalue weighted by Gasteiger charge is 2.24. The molecule has 7 heteroatoms. The van der Waals surface area contributed by atoms with Crippen molar-refractivity contribution in [3.8, 4) is 11.5 Å². The zero-order valence-corrected chi connectivity index (χ0v) is 10.4. The molecule has 16 heavy (non-hydrogen) atoms. The Balaban J connectivity index is 2.66. The molecule has 1 heterocycles. The first-order valence-electron chi connectivity index (χ1n) is 4.45. The standard InChI is InChI=1S/C9H8Cl2O4S/c10-5-6-3-7-9(15-2-1-14-7)8(4-6)16(11,12)13/h3-4H,1-2,5H2. The van der Waals surface area contributed by atoms with Crippen LogP contribution >= 0.6 is 22.3 Å². The van der Waals surface area contributed by atoms with Crippen molar-refractivity contribution in [2.75, 3.05) is 13.2 Å². The Morgan fingerprint density at radius 3 is 2.56 bits per heavy atom. The first-order valence-corrected chi connectivity index (χ1v) is 7.30. The summed E-state index contributed by atoms with van der Waals surface area (Å²) >= 11 is 5.66. The zero-order valence-electron chi connectivity index (χ0n) is 8.07. The number of ether oxygens (including phenoxy) is 2. The Labute approximate surface area is 102 Å². The summed E-state index contributed by atoms with van der Waals surface area (Å²) in [5.41, 5.74) is 0.616. The van der Waals surface area contributed by atoms with E-state index in [-0.39, 0.29) is 16.5 Å². The lowest BCUT2D eigenvalue weighted by Gasteiger charge is -2.20. The van der Waals surface area contributed by atoms with Crippen molar-refractivity contribution >= 4 is 31.3 Å². The molecular formula is C9H8Cl2O4S. The van der Waals surface area contributed by atoms with Gasteiger partial charge in [0.1, 0.15) is 18.1 Å². The van der Waals surface area contributed by atoms with Crippen LogP contribution in [0.3, 0.4) is 0 Å². The quantitative estimate of drug-likeness (QED) is 0.616. The van der Waals surface area contributed by atoms with E-state index in [1.807, 2.05) is 0 Å². The molecule has 0 aromatic heterocycles. The summed E-state index contributed by atoms with van der Waals surface area (Å²) in [6, 6.07) is 3.04. The molecule has 1 aromatic carbocycles. The Kier molecular flexibility index (Phi) is 3.19. The van der Waals surface area contributed by atoms with Crippen LogP contribution in [0.15, 0.2) is 17.0 Å². The predicted octanol–water partition coefficient (Wildman–Crippen LogP) is 2.12. The monoisotopic (exact) mass is 282 g/mol. The van der Waals surface area contributed by atoms with Gasteiger partial charge in [0.25, 0.3) is 9.05 Å². The molecule has 0 unspecified atom stereocenters. The highest BCUT2D eigenvalue weighted by atomic mass is 35.7. The van der Waals surface area contributed by atoms with Crippen LogP contribution < -0.4 is 9.47 Å². The Morgan fingerprint density at radius 1 is 1.25 bits per heavy atom. The van der Waals surface area contributed by atoms with Gasteiger partial charge in [-0.05, 0) is 17.7 Å². The molecule has 0 saturated carbocycles. The summed E-state index contributed by atoms with van der Waals surface area (Å²) in [6.45, 7) is 0.674. The normalized spacial score (nSPS) is 14.9. The molecule has 0 aliphatic carbocycles. The van der Waals surface area contributed by atoms with Crippen molar-refractivity contribution in [3.05, 3.63) is 17.7 Å². The lowest BCUT2D eigenvalue weighted by Crippen LogP contribution is -2.17. The third-order valence-electron chi connectivity index (χ3n) is 2.08. The summed E-state index contributed by atoms with van der Waals surface area (Å²) in [7, 11) is 1.45. The second kappa shape index (κ2) is 4.31. The van der Waals surface area contributed by atoms with E-state index >= 15 is 0 Å². The maximum Gasteiger partial charge on any atom is 0.265 e. The van der Waals surface area contributed by atoms with E-state index in [9.17, 15) is 8.42 Å². The number of fused-ring (bicyclic) bond motifs is 1. The van der Waals surface area contributed by atoms with Gasteiger partial charge < -0.3 is 9.47 Å². The maximum atomic E-state index is 11.4. The molecule has 0 fully saturated rings. The number of benzene rings is 1. The number of hydrogen-bond donors (Lipinski definition) is 0. The smallest absolute Gasteiger partial charge is 0.265 e. The molecule has 0 atom stereocenters. The van der Waals surface area contributed by atoms with E-state index in [1.165, 1.54) is 6.07 Å². The third-order valence-corrected chi connectivity index (χ3v) is 3.72. The zero-order chi connectivity index (χ0) is 11.8. The second-order valence-corrected chi connectivity index (χ2v) is 5.99. The lowest BCUT2D eigenvalue weighted by atomic mass is 10.2. The predicted molar refractivity (Wildman–Crippen MR) is 60.0 cm³/mol. The molecule has 1 aliphatic rings. The van der Waals surface area contributed by atoms with Crippen LogP contribution in [0.1, 0.15) is 5.56 Å². The second-order valence-electron chi connectivity index (χ2n) is 3.19. The molecule has 0 N–H and O–H groups in total. The molecule has 4 nitrogen and oxygen atoms in total. The number of alkyl halides is 1. The average Bonchev–Trinajstić information content (AvgIpc) is 2.26. The first-order chi connectivity index (χ1) is 7.52. The van der Waals surface area contributed by atoms with Crippen molar-refractivity contribution in [1.82, 2.24) is 0 Å². The Hall–Kier alpha value is -0.650.